The molecule has 0 radical (unpaired) electrons. The molecule has 2 aromatic rings. The van der Waals surface area contributed by atoms with Crippen molar-refractivity contribution < 1.29 is 0 Å². The summed E-state index contributed by atoms with van der Waals surface area (Å²) in [5.41, 5.74) is 8.03. The van der Waals surface area contributed by atoms with Crippen LogP contribution in [0.2, 0.25) is 0 Å². The summed E-state index contributed by atoms with van der Waals surface area (Å²) in [4.78, 5) is 4.03. The minimum atomic E-state index is 0.463. The van der Waals surface area contributed by atoms with Crippen LogP contribution < -0.4 is 11.1 Å². The molecule has 0 spiro atoms. The van der Waals surface area contributed by atoms with Gasteiger partial charge in [0.15, 0.2) is 0 Å². The molecule has 2 heterocycles. The maximum absolute atomic E-state index is 5.97. The van der Waals surface area contributed by atoms with Gasteiger partial charge in [-0.25, -0.2) is 0 Å². The standard InChI is InChI=1S/C13H18N4S/c1-3-10(4-2)16-13-11(12(14)17-18-13)9-5-7-15-8-6-9/h5-8,10,16H,3-4H2,1-2H3,(H2,14,17). The Morgan fingerprint density at radius 3 is 2.56 bits per heavy atom. The predicted octanol–water partition coefficient (Wildman–Crippen LogP) is 3.39. The molecule has 3 N–H and O–H groups in total. The van der Waals surface area contributed by atoms with Crippen molar-refractivity contribution in [2.45, 2.75) is 32.7 Å². The normalized spacial score (nSPS) is 10.8. The van der Waals surface area contributed by atoms with Crippen LogP contribution in [0.3, 0.4) is 0 Å². The second-order valence-corrected chi connectivity index (χ2v) is 4.94. The van der Waals surface area contributed by atoms with Crippen molar-refractivity contribution in [1.82, 2.24) is 9.36 Å². The first kappa shape index (κ1) is 12.8. The van der Waals surface area contributed by atoms with Crippen LogP contribution in [-0.2, 0) is 0 Å². The van der Waals surface area contributed by atoms with E-state index in [0.29, 0.717) is 11.9 Å². The van der Waals surface area contributed by atoms with E-state index in [4.69, 9.17) is 5.73 Å². The molecular weight excluding hydrogens is 244 g/mol. The van der Waals surface area contributed by atoms with Gasteiger partial charge in [-0.05, 0) is 42.1 Å². The lowest BCUT2D eigenvalue weighted by atomic mass is 10.1. The van der Waals surface area contributed by atoms with Gasteiger partial charge in [-0.2, -0.15) is 4.37 Å². The fourth-order valence-electron chi connectivity index (χ4n) is 1.88. The summed E-state index contributed by atoms with van der Waals surface area (Å²) in [5, 5.41) is 4.57. The molecule has 0 aliphatic rings. The molecule has 5 heteroatoms. The Hall–Kier alpha value is -1.62. The molecule has 0 saturated carbocycles. The Kier molecular flexibility index (Phi) is 4.15. The molecular formula is C13H18N4S. The van der Waals surface area contributed by atoms with Crippen molar-refractivity contribution in [2.75, 3.05) is 11.1 Å². The molecule has 2 rings (SSSR count). The third-order valence-electron chi connectivity index (χ3n) is 3.01. The van der Waals surface area contributed by atoms with Crippen molar-refractivity contribution in [2.24, 2.45) is 0 Å². The Bertz CT molecular complexity index is 491. The first-order valence-electron chi connectivity index (χ1n) is 6.18. The zero-order chi connectivity index (χ0) is 13.0. The van der Waals surface area contributed by atoms with Crippen LogP contribution in [-0.4, -0.2) is 15.4 Å². The molecule has 4 nitrogen and oxygen atoms in total. The maximum atomic E-state index is 5.97. The van der Waals surface area contributed by atoms with Crippen LogP contribution in [0.1, 0.15) is 26.7 Å². The van der Waals surface area contributed by atoms with Gasteiger partial charge in [-0.1, -0.05) is 13.8 Å². The minimum Gasteiger partial charge on any atom is -0.382 e. The van der Waals surface area contributed by atoms with Gasteiger partial charge in [0, 0.05) is 18.4 Å². The average molecular weight is 262 g/mol. The number of anilines is 2. The fraction of sp³-hybridized carbons (Fsp3) is 0.385. The summed E-state index contributed by atoms with van der Waals surface area (Å²) in [7, 11) is 0. The van der Waals surface area contributed by atoms with Gasteiger partial charge in [0.05, 0.1) is 5.56 Å². The highest BCUT2D eigenvalue weighted by Crippen LogP contribution is 2.37. The van der Waals surface area contributed by atoms with Gasteiger partial charge in [-0.3, -0.25) is 4.98 Å². The number of rotatable bonds is 5. The van der Waals surface area contributed by atoms with Crippen molar-refractivity contribution in [3.8, 4) is 11.1 Å². The van der Waals surface area contributed by atoms with Crippen LogP contribution in [0.15, 0.2) is 24.5 Å². The Labute approximate surface area is 111 Å². The first-order valence-corrected chi connectivity index (χ1v) is 6.95. The lowest BCUT2D eigenvalue weighted by molar-refractivity contribution is 0.674. The fourth-order valence-corrected chi connectivity index (χ4v) is 2.69. The van der Waals surface area contributed by atoms with Crippen molar-refractivity contribution >= 4 is 22.4 Å². The average Bonchev–Trinajstić information content (AvgIpc) is 2.78. The largest absolute Gasteiger partial charge is 0.382 e. The van der Waals surface area contributed by atoms with Crippen molar-refractivity contribution in [3.05, 3.63) is 24.5 Å². The van der Waals surface area contributed by atoms with Crippen LogP contribution >= 0.6 is 11.5 Å². The number of hydrogen-bond acceptors (Lipinski definition) is 5. The van der Waals surface area contributed by atoms with E-state index in [1.165, 1.54) is 11.5 Å². The second kappa shape index (κ2) is 5.82. The van der Waals surface area contributed by atoms with Gasteiger partial charge in [-0.15, -0.1) is 0 Å². The maximum Gasteiger partial charge on any atom is 0.147 e. The summed E-state index contributed by atoms with van der Waals surface area (Å²) in [6.45, 7) is 4.36. The zero-order valence-electron chi connectivity index (χ0n) is 10.7. The summed E-state index contributed by atoms with van der Waals surface area (Å²) >= 11 is 1.42. The lowest BCUT2D eigenvalue weighted by Crippen LogP contribution is -2.16. The molecule has 2 aromatic heterocycles. The van der Waals surface area contributed by atoms with Gasteiger partial charge in [0.2, 0.25) is 0 Å². The molecule has 18 heavy (non-hydrogen) atoms. The Morgan fingerprint density at radius 2 is 1.94 bits per heavy atom. The molecule has 0 amide bonds. The third-order valence-corrected chi connectivity index (χ3v) is 3.80. The smallest absolute Gasteiger partial charge is 0.147 e. The predicted molar refractivity (Wildman–Crippen MR) is 77.8 cm³/mol. The molecule has 0 atom stereocenters. The van der Waals surface area contributed by atoms with Crippen molar-refractivity contribution in [3.63, 3.8) is 0 Å². The van der Waals surface area contributed by atoms with E-state index in [0.717, 1.165) is 29.0 Å². The molecule has 0 unspecified atom stereocenters. The van der Waals surface area contributed by atoms with E-state index >= 15 is 0 Å². The SMILES string of the molecule is CCC(CC)Nc1snc(N)c1-c1ccncc1. The van der Waals surface area contributed by atoms with Crippen LogP contribution in [0, 0.1) is 0 Å². The highest BCUT2D eigenvalue weighted by Gasteiger charge is 2.15. The lowest BCUT2D eigenvalue weighted by Gasteiger charge is -2.15. The Balaban J connectivity index is 2.33. The number of nitrogen functional groups attached to an aromatic ring is 1. The number of nitrogens with zero attached hydrogens (tertiary/aromatic N) is 2. The molecule has 96 valence electrons. The number of nitrogens with two attached hydrogens (primary N) is 1. The van der Waals surface area contributed by atoms with Crippen LogP contribution in [0.4, 0.5) is 10.8 Å². The summed E-state index contributed by atoms with van der Waals surface area (Å²) in [6.07, 6.45) is 5.72. The Morgan fingerprint density at radius 1 is 1.28 bits per heavy atom. The van der Waals surface area contributed by atoms with Gasteiger partial charge < -0.3 is 11.1 Å². The summed E-state index contributed by atoms with van der Waals surface area (Å²) in [5.74, 6) is 0.583. The highest BCUT2D eigenvalue weighted by molar-refractivity contribution is 7.11. The topological polar surface area (TPSA) is 63.8 Å². The van der Waals surface area contributed by atoms with E-state index in [9.17, 15) is 0 Å². The zero-order valence-corrected chi connectivity index (χ0v) is 11.5. The number of pyridine rings is 1. The summed E-state index contributed by atoms with van der Waals surface area (Å²) in [6, 6.07) is 4.38. The second-order valence-electron chi connectivity index (χ2n) is 4.17. The third kappa shape index (κ3) is 2.61. The molecule has 0 aliphatic heterocycles. The van der Waals surface area contributed by atoms with E-state index < -0.39 is 0 Å². The van der Waals surface area contributed by atoms with Gasteiger partial charge >= 0.3 is 0 Å². The van der Waals surface area contributed by atoms with Gasteiger partial charge in [0.25, 0.3) is 0 Å². The van der Waals surface area contributed by atoms with E-state index in [2.05, 4.69) is 28.5 Å². The molecule has 0 fully saturated rings. The quantitative estimate of drug-likeness (QED) is 0.867. The minimum absolute atomic E-state index is 0.463. The number of aromatic nitrogens is 2. The molecule has 0 bridgehead atoms. The van der Waals surface area contributed by atoms with E-state index in [1.54, 1.807) is 12.4 Å². The van der Waals surface area contributed by atoms with Crippen LogP contribution in [0.5, 0.6) is 0 Å². The van der Waals surface area contributed by atoms with Crippen molar-refractivity contribution in [1.29, 1.82) is 0 Å². The van der Waals surface area contributed by atoms with E-state index in [-0.39, 0.29) is 0 Å². The van der Waals surface area contributed by atoms with Gasteiger partial charge in [0.1, 0.15) is 10.8 Å². The highest BCUT2D eigenvalue weighted by atomic mass is 32.1. The number of hydrogen-bond donors (Lipinski definition) is 2. The molecule has 0 aliphatic carbocycles. The summed E-state index contributed by atoms with van der Waals surface area (Å²) < 4.78 is 4.25. The van der Waals surface area contributed by atoms with Crippen LogP contribution in [0.25, 0.3) is 11.1 Å². The number of nitrogens with one attached hydrogen (secondary N) is 1. The molecule has 0 saturated heterocycles. The first-order chi connectivity index (χ1) is 8.76. The monoisotopic (exact) mass is 262 g/mol. The van der Waals surface area contributed by atoms with E-state index in [1.807, 2.05) is 12.1 Å². The molecule has 0 aromatic carbocycles.